The van der Waals surface area contributed by atoms with Crippen molar-refractivity contribution in [2.24, 2.45) is 11.8 Å². The monoisotopic (exact) mass is 1380 g/mol. The van der Waals surface area contributed by atoms with Gasteiger partial charge in [0, 0.05) is 83.7 Å². The van der Waals surface area contributed by atoms with Gasteiger partial charge in [0.15, 0.2) is 0 Å². The molecule has 0 amide bonds. The summed E-state index contributed by atoms with van der Waals surface area (Å²) >= 11 is 10.6. The topological polar surface area (TPSA) is 51.6 Å². The maximum absolute atomic E-state index is 5.04. The second-order valence-corrected chi connectivity index (χ2v) is 28.8. The third-order valence-corrected chi connectivity index (χ3v) is 26.3. The molecule has 1 aliphatic heterocycles. The first kappa shape index (κ1) is 55.2. The van der Waals surface area contributed by atoms with Crippen molar-refractivity contribution in [1.29, 1.82) is 0 Å². The molecular weight excluding hydrogens is 1320 g/mol. The van der Waals surface area contributed by atoms with E-state index in [2.05, 4.69) is 102 Å². The van der Waals surface area contributed by atoms with Crippen LogP contribution in [0.4, 0.5) is 0 Å². The second kappa shape index (κ2) is 26.1. The van der Waals surface area contributed by atoms with Gasteiger partial charge in [-0.2, -0.15) is 54.1 Å². The first-order chi connectivity index (χ1) is 32.9. The minimum Gasteiger partial charge on any atom is -0.224 e. The SMILES string of the molecule is CCCCCCc1ccc(-c2c[c-]c(-c3cc4c(s3)-c3sc(-c5[c-]cc(-c6ccc(CCCCCC)s6)c6nsnc56)cc3[Si]4(CC(CC)CCCC)CC(CC)CCCC)c3nsnc23)s1.[W].[W]. The van der Waals surface area contributed by atoms with Gasteiger partial charge in [0.1, 0.15) is 8.07 Å². The predicted molar refractivity (Wildman–Crippen MR) is 302 cm³/mol. The molecule has 2 aromatic carbocycles. The van der Waals surface area contributed by atoms with Crippen LogP contribution in [0.15, 0.2) is 48.5 Å². The van der Waals surface area contributed by atoms with Gasteiger partial charge < -0.3 is 0 Å². The van der Waals surface area contributed by atoms with Crippen LogP contribution in [-0.2, 0) is 55.0 Å². The van der Waals surface area contributed by atoms with Gasteiger partial charge in [0.05, 0.1) is 23.5 Å². The first-order valence-electron chi connectivity index (χ1n) is 25.7. The maximum atomic E-state index is 5.04. The molecule has 0 fully saturated rings. The van der Waals surface area contributed by atoms with Crippen molar-refractivity contribution in [2.45, 2.75) is 169 Å². The van der Waals surface area contributed by atoms with E-state index in [1.54, 1.807) is 10.4 Å². The summed E-state index contributed by atoms with van der Waals surface area (Å²) in [6, 6.07) is 29.4. The molecule has 0 saturated carbocycles. The van der Waals surface area contributed by atoms with Crippen molar-refractivity contribution in [3.05, 3.63) is 70.4 Å². The third kappa shape index (κ3) is 11.9. The summed E-state index contributed by atoms with van der Waals surface area (Å²) in [6.45, 7) is 14.2. The summed E-state index contributed by atoms with van der Waals surface area (Å²) in [5, 5.41) is 3.38. The smallest absolute Gasteiger partial charge is 0.120 e. The van der Waals surface area contributed by atoms with E-state index in [0.29, 0.717) is 11.8 Å². The first-order valence-corrected chi connectivity index (χ1v) is 32.9. The second-order valence-electron chi connectivity index (χ2n) is 19.3. The molecule has 0 saturated heterocycles. The van der Waals surface area contributed by atoms with E-state index in [4.69, 9.17) is 17.5 Å². The Morgan fingerprint density at radius 2 is 0.899 bits per heavy atom. The number of unbranched alkanes of at least 4 members (excludes halogenated alkanes) is 8. The molecule has 9 rings (SSSR count). The van der Waals surface area contributed by atoms with Crippen LogP contribution in [0, 0.1) is 24.0 Å². The van der Waals surface area contributed by atoms with E-state index in [0.717, 1.165) is 46.0 Å². The Morgan fingerprint density at radius 3 is 1.30 bits per heavy atom. The molecule has 2 unspecified atom stereocenters. The third-order valence-electron chi connectivity index (χ3n) is 14.6. The Kier molecular flexibility index (Phi) is 20.9. The zero-order valence-corrected chi connectivity index (χ0v) is 53.2. The van der Waals surface area contributed by atoms with Crippen LogP contribution >= 0.6 is 68.8 Å². The number of aromatic nitrogens is 4. The minimum atomic E-state index is -2.29. The summed E-state index contributed by atoms with van der Waals surface area (Å²) in [7, 11) is -2.29. The van der Waals surface area contributed by atoms with Crippen LogP contribution < -0.4 is 10.4 Å². The van der Waals surface area contributed by atoms with E-state index in [1.807, 2.05) is 45.3 Å². The van der Waals surface area contributed by atoms with E-state index in [1.165, 1.54) is 188 Å². The van der Waals surface area contributed by atoms with Crippen molar-refractivity contribution in [1.82, 2.24) is 17.5 Å². The van der Waals surface area contributed by atoms with Gasteiger partial charge >= 0.3 is 0 Å². The summed E-state index contributed by atoms with van der Waals surface area (Å²) in [5.41, 5.74) is 8.65. The molecule has 366 valence electrons. The van der Waals surface area contributed by atoms with Crippen molar-refractivity contribution in [3.63, 3.8) is 0 Å². The fourth-order valence-corrected chi connectivity index (χ4v) is 24.4. The van der Waals surface area contributed by atoms with Crippen LogP contribution in [0.3, 0.4) is 0 Å². The number of rotatable bonds is 26. The zero-order valence-electron chi connectivity index (χ0n) is 41.5. The maximum Gasteiger partial charge on any atom is 0.120 e. The molecule has 0 spiro atoms. The van der Waals surface area contributed by atoms with Crippen molar-refractivity contribution < 1.29 is 42.1 Å². The van der Waals surface area contributed by atoms with E-state index >= 15 is 0 Å². The van der Waals surface area contributed by atoms with Gasteiger partial charge in [-0.25, -0.2) is 8.75 Å². The molecule has 13 heteroatoms. The summed E-state index contributed by atoms with van der Waals surface area (Å²) < 4.78 is 20.0. The number of benzene rings is 2. The molecule has 69 heavy (non-hydrogen) atoms. The molecule has 0 radical (unpaired) electrons. The molecule has 0 aliphatic carbocycles. The van der Waals surface area contributed by atoms with Crippen LogP contribution in [0.1, 0.15) is 154 Å². The van der Waals surface area contributed by atoms with Crippen molar-refractivity contribution >= 4 is 109 Å². The van der Waals surface area contributed by atoms with E-state index in [-0.39, 0.29) is 42.1 Å². The fourth-order valence-electron chi connectivity index (χ4n) is 10.8. The van der Waals surface area contributed by atoms with Crippen molar-refractivity contribution in [2.75, 3.05) is 0 Å². The normalized spacial score (nSPS) is 13.7. The molecule has 0 bridgehead atoms. The molecule has 4 nitrogen and oxygen atoms in total. The Morgan fingerprint density at radius 1 is 0.478 bits per heavy atom. The van der Waals surface area contributed by atoms with Gasteiger partial charge in [-0.05, 0) is 91.6 Å². The van der Waals surface area contributed by atoms with Gasteiger partial charge in [0.2, 0.25) is 0 Å². The molecule has 8 aromatic rings. The van der Waals surface area contributed by atoms with Gasteiger partial charge in [0.25, 0.3) is 0 Å². The predicted octanol–water partition coefficient (Wildman–Crippen LogP) is 18.4. The van der Waals surface area contributed by atoms with Gasteiger partial charge in [-0.1, -0.05) is 167 Å². The minimum absolute atomic E-state index is 0. The zero-order chi connectivity index (χ0) is 46.3. The summed E-state index contributed by atoms with van der Waals surface area (Å²) in [4.78, 5) is 11.1. The average Bonchev–Trinajstić information content (AvgIpc) is 4.22. The Bertz CT molecular complexity index is 2670. The van der Waals surface area contributed by atoms with E-state index in [9.17, 15) is 0 Å². The van der Waals surface area contributed by atoms with E-state index < -0.39 is 8.07 Å². The number of hydrogen-bond acceptors (Lipinski definition) is 10. The molecular formula is C56H68N4S6SiW2-2. The average molecular weight is 1390 g/mol. The van der Waals surface area contributed by atoms with Crippen molar-refractivity contribution in [3.8, 4) is 51.5 Å². The number of thiophene rings is 4. The Labute approximate surface area is 467 Å². The molecule has 6 aromatic heterocycles. The molecule has 2 atom stereocenters. The largest absolute Gasteiger partial charge is 0.224 e. The number of hydrogen-bond donors (Lipinski definition) is 0. The number of aryl methyl sites for hydroxylation is 2. The quantitative estimate of drug-likeness (QED) is 0.0308. The standard InChI is InChI=1S/C56H68N4S6Si.2W/c1-7-13-17-19-23-39-25-31-45(61-39)41-27-29-43(53-51(41)57-65-59-53)47-33-49-55(63-47)56-50(67(49,35-37(11-5)21-15-9-3)36-38(12-6)22-16-10-4)34-48(64-56)44-30-28-42(52-54(44)60-66-58-52)46-32-26-40(62-46)24-20-18-14-8-2;;/h25-28,31-34,37-38H,7-24,35-36H2,1-6H3;;/q-2;;. The Hall–Kier alpha value is -1.53. The number of nitrogens with zero attached hydrogens (tertiary/aromatic N) is 4. The summed E-state index contributed by atoms with van der Waals surface area (Å²) in [5.74, 6) is 1.43. The molecule has 1 aliphatic rings. The number of fused-ring (bicyclic) bond motifs is 5. The van der Waals surface area contributed by atoms with Gasteiger partial charge in [-0.15, -0.1) is 35.4 Å². The van der Waals surface area contributed by atoms with Crippen LogP contribution in [0.5, 0.6) is 0 Å². The van der Waals surface area contributed by atoms with Gasteiger partial charge in [-0.3, -0.25) is 0 Å². The van der Waals surface area contributed by atoms with Crippen LogP contribution in [0.2, 0.25) is 12.1 Å². The summed E-state index contributed by atoms with van der Waals surface area (Å²) in [6.07, 6.45) is 22.9. The fraction of sp³-hybridized carbons (Fsp3) is 0.500. The molecule has 7 heterocycles. The van der Waals surface area contributed by atoms with Crippen LogP contribution in [-0.4, -0.2) is 25.6 Å². The Balaban J connectivity index is 0.00000352. The molecule has 0 N–H and O–H groups in total. The van der Waals surface area contributed by atoms with Crippen LogP contribution in [0.25, 0.3) is 73.6 Å².